The van der Waals surface area contributed by atoms with Crippen molar-refractivity contribution < 1.29 is 4.79 Å². The summed E-state index contributed by atoms with van der Waals surface area (Å²) in [5.41, 5.74) is 2.69. The van der Waals surface area contributed by atoms with Gasteiger partial charge in [-0.3, -0.25) is 4.79 Å². The predicted octanol–water partition coefficient (Wildman–Crippen LogP) is 3.60. The number of aromatic amines is 1. The molecule has 24 heavy (non-hydrogen) atoms. The Labute approximate surface area is 139 Å². The Kier molecular flexibility index (Phi) is 3.54. The molecule has 3 aromatic rings. The molecule has 0 spiro atoms. The van der Waals surface area contributed by atoms with Crippen LogP contribution in [0.4, 0.5) is 5.69 Å². The van der Waals surface area contributed by atoms with Crippen LogP contribution in [0.15, 0.2) is 36.9 Å². The minimum Gasteiger partial charge on any atom is -0.350 e. The first kappa shape index (κ1) is 14.5. The zero-order valence-corrected chi connectivity index (χ0v) is 13.1. The van der Waals surface area contributed by atoms with Crippen molar-refractivity contribution in [1.82, 2.24) is 14.5 Å². The number of carbonyl (C=O) groups excluding carboxylic acids is 1. The zero-order chi connectivity index (χ0) is 16.5. The van der Waals surface area contributed by atoms with Crippen molar-refractivity contribution in [3.05, 3.63) is 48.2 Å². The van der Waals surface area contributed by atoms with Crippen molar-refractivity contribution in [3.8, 4) is 6.07 Å². The van der Waals surface area contributed by atoms with Crippen LogP contribution >= 0.6 is 0 Å². The van der Waals surface area contributed by atoms with Gasteiger partial charge in [0.05, 0.1) is 11.9 Å². The van der Waals surface area contributed by atoms with Gasteiger partial charge in [-0.05, 0) is 31.0 Å². The lowest BCUT2D eigenvalue weighted by molar-refractivity contribution is 0.102. The largest absolute Gasteiger partial charge is 0.350 e. The summed E-state index contributed by atoms with van der Waals surface area (Å²) in [7, 11) is 0. The first-order valence-electron chi connectivity index (χ1n) is 8.11. The molecule has 1 aliphatic rings. The number of nitrogens with one attached hydrogen (secondary N) is 2. The number of anilines is 1. The molecule has 6 heteroatoms. The summed E-state index contributed by atoms with van der Waals surface area (Å²) in [5, 5.41) is 13.2. The molecule has 2 N–H and O–H groups in total. The average Bonchev–Trinajstić information content (AvgIpc) is 3.34. The second-order valence-electron chi connectivity index (χ2n) is 6.14. The quantitative estimate of drug-likeness (QED) is 0.773. The zero-order valence-electron chi connectivity index (χ0n) is 13.1. The van der Waals surface area contributed by atoms with E-state index in [2.05, 4.69) is 25.9 Å². The Bertz CT molecular complexity index is 926. The average molecular weight is 319 g/mol. The third-order valence-electron chi connectivity index (χ3n) is 4.66. The van der Waals surface area contributed by atoms with E-state index in [9.17, 15) is 10.1 Å². The molecule has 0 unspecified atom stereocenters. The number of fused-ring (bicyclic) bond motifs is 1. The number of aromatic nitrogens is 3. The van der Waals surface area contributed by atoms with Crippen LogP contribution in [0.2, 0.25) is 0 Å². The normalized spacial score (nSPS) is 14.8. The summed E-state index contributed by atoms with van der Waals surface area (Å²) >= 11 is 0. The van der Waals surface area contributed by atoms with Crippen molar-refractivity contribution in [2.45, 2.75) is 31.7 Å². The Morgan fingerprint density at radius 1 is 1.38 bits per heavy atom. The maximum atomic E-state index is 12.1. The molecular formula is C18H17N5O. The third-order valence-corrected chi connectivity index (χ3v) is 4.66. The minimum atomic E-state index is -0.274. The molecule has 0 atom stereocenters. The van der Waals surface area contributed by atoms with Gasteiger partial charge < -0.3 is 14.9 Å². The highest BCUT2D eigenvalue weighted by Gasteiger charge is 2.20. The molecule has 2 heterocycles. The molecule has 1 fully saturated rings. The number of nitriles is 1. The molecular weight excluding hydrogens is 302 g/mol. The van der Waals surface area contributed by atoms with Crippen LogP contribution in [0.5, 0.6) is 0 Å². The topological polar surface area (TPSA) is 86.5 Å². The van der Waals surface area contributed by atoms with Crippen molar-refractivity contribution in [1.29, 1.82) is 5.26 Å². The molecule has 0 aliphatic heterocycles. The Morgan fingerprint density at radius 3 is 2.92 bits per heavy atom. The number of amides is 1. The van der Waals surface area contributed by atoms with Gasteiger partial charge in [0.1, 0.15) is 11.8 Å². The van der Waals surface area contributed by atoms with E-state index >= 15 is 0 Å². The lowest BCUT2D eigenvalue weighted by Crippen LogP contribution is -2.12. The number of carbonyl (C=O) groups is 1. The predicted molar refractivity (Wildman–Crippen MR) is 90.7 cm³/mol. The molecule has 0 radical (unpaired) electrons. The highest BCUT2D eigenvalue weighted by Crippen LogP contribution is 2.35. The molecule has 0 saturated heterocycles. The molecule has 2 aromatic heterocycles. The van der Waals surface area contributed by atoms with E-state index in [-0.39, 0.29) is 5.91 Å². The SMILES string of the molecule is N#Cc1cn(C2CCCC2)c2ccc(NC(=O)c3c[nH]cn3)cc12. The lowest BCUT2D eigenvalue weighted by atomic mass is 10.1. The Balaban J connectivity index is 1.70. The fraction of sp³-hybridized carbons (Fsp3) is 0.278. The van der Waals surface area contributed by atoms with Crippen LogP contribution in [0, 0.1) is 11.3 Å². The summed E-state index contributed by atoms with van der Waals surface area (Å²) in [5.74, 6) is -0.274. The first-order valence-corrected chi connectivity index (χ1v) is 8.11. The van der Waals surface area contributed by atoms with Crippen LogP contribution in [0.25, 0.3) is 10.9 Å². The summed E-state index contributed by atoms with van der Waals surface area (Å²) in [6.07, 6.45) is 9.76. The van der Waals surface area contributed by atoms with E-state index in [0.29, 0.717) is 23.0 Å². The van der Waals surface area contributed by atoms with E-state index in [1.54, 1.807) is 6.20 Å². The molecule has 1 aromatic carbocycles. The van der Waals surface area contributed by atoms with Gasteiger partial charge in [0, 0.05) is 35.0 Å². The first-order chi connectivity index (χ1) is 11.8. The summed E-state index contributed by atoms with van der Waals surface area (Å²) in [6.45, 7) is 0. The Hall–Kier alpha value is -3.07. The van der Waals surface area contributed by atoms with Gasteiger partial charge >= 0.3 is 0 Å². The van der Waals surface area contributed by atoms with Gasteiger partial charge in [0.2, 0.25) is 0 Å². The molecule has 1 saturated carbocycles. The smallest absolute Gasteiger partial charge is 0.275 e. The standard InChI is InChI=1S/C18H17N5O/c19-8-12-10-23(14-3-1-2-4-14)17-6-5-13(7-15(12)17)22-18(24)16-9-20-11-21-16/h5-7,9-11,14H,1-4H2,(H,20,21)(H,22,24). The number of H-pyrrole nitrogens is 1. The molecule has 0 bridgehead atoms. The number of hydrogen-bond acceptors (Lipinski definition) is 3. The second kappa shape index (κ2) is 5.85. The molecule has 120 valence electrons. The van der Waals surface area contributed by atoms with Crippen molar-refractivity contribution in [3.63, 3.8) is 0 Å². The van der Waals surface area contributed by atoms with E-state index in [0.717, 1.165) is 23.7 Å². The van der Waals surface area contributed by atoms with Gasteiger partial charge in [-0.15, -0.1) is 0 Å². The van der Waals surface area contributed by atoms with Crippen LogP contribution in [0.1, 0.15) is 47.8 Å². The minimum absolute atomic E-state index is 0.274. The summed E-state index contributed by atoms with van der Waals surface area (Å²) in [6, 6.07) is 8.46. The van der Waals surface area contributed by atoms with Crippen LogP contribution in [-0.4, -0.2) is 20.4 Å². The molecule has 1 aliphatic carbocycles. The highest BCUT2D eigenvalue weighted by atomic mass is 16.1. The molecule has 6 nitrogen and oxygen atoms in total. The number of benzene rings is 1. The number of hydrogen-bond donors (Lipinski definition) is 2. The summed E-state index contributed by atoms with van der Waals surface area (Å²) in [4.78, 5) is 18.8. The summed E-state index contributed by atoms with van der Waals surface area (Å²) < 4.78 is 2.22. The van der Waals surface area contributed by atoms with Crippen molar-refractivity contribution >= 4 is 22.5 Å². The van der Waals surface area contributed by atoms with Crippen LogP contribution < -0.4 is 5.32 Å². The number of nitrogens with zero attached hydrogens (tertiary/aromatic N) is 3. The van der Waals surface area contributed by atoms with Crippen molar-refractivity contribution in [2.75, 3.05) is 5.32 Å². The lowest BCUT2D eigenvalue weighted by Gasteiger charge is -2.13. The fourth-order valence-corrected chi connectivity index (χ4v) is 3.49. The van der Waals surface area contributed by atoms with Gasteiger partial charge in [0.25, 0.3) is 5.91 Å². The van der Waals surface area contributed by atoms with Gasteiger partial charge in [-0.2, -0.15) is 5.26 Å². The van der Waals surface area contributed by atoms with Gasteiger partial charge in [-0.25, -0.2) is 4.98 Å². The van der Waals surface area contributed by atoms with Crippen LogP contribution in [-0.2, 0) is 0 Å². The van der Waals surface area contributed by atoms with Crippen molar-refractivity contribution in [2.24, 2.45) is 0 Å². The van der Waals surface area contributed by atoms with E-state index in [4.69, 9.17) is 0 Å². The fourth-order valence-electron chi connectivity index (χ4n) is 3.49. The van der Waals surface area contributed by atoms with Crippen LogP contribution in [0.3, 0.4) is 0 Å². The number of rotatable bonds is 3. The van der Waals surface area contributed by atoms with E-state index in [1.807, 2.05) is 24.4 Å². The van der Waals surface area contributed by atoms with E-state index in [1.165, 1.54) is 19.2 Å². The Morgan fingerprint density at radius 2 is 2.21 bits per heavy atom. The maximum absolute atomic E-state index is 12.1. The third kappa shape index (κ3) is 2.44. The second-order valence-corrected chi connectivity index (χ2v) is 6.14. The molecule has 1 amide bonds. The van der Waals surface area contributed by atoms with Gasteiger partial charge in [0.15, 0.2) is 0 Å². The van der Waals surface area contributed by atoms with Gasteiger partial charge in [-0.1, -0.05) is 12.8 Å². The molecule has 4 rings (SSSR count). The number of imidazole rings is 1. The van der Waals surface area contributed by atoms with E-state index < -0.39 is 0 Å². The maximum Gasteiger partial charge on any atom is 0.275 e. The highest BCUT2D eigenvalue weighted by molar-refractivity contribution is 6.04. The monoisotopic (exact) mass is 319 g/mol.